The zero-order valence-electron chi connectivity index (χ0n) is 19.7. The molecule has 11 heteroatoms. The van der Waals surface area contributed by atoms with Crippen molar-refractivity contribution in [2.75, 3.05) is 31.6 Å². The van der Waals surface area contributed by atoms with Gasteiger partial charge in [0.15, 0.2) is 0 Å². The smallest absolute Gasteiger partial charge is 0.266 e. The van der Waals surface area contributed by atoms with Crippen molar-refractivity contribution in [2.45, 2.75) is 42.7 Å². The molecule has 1 amide bonds. The number of H-pyrrole nitrogens is 1. The molecule has 2 heterocycles. The second-order valence-corrected chi connectivity index (χ2v) is 11.5. The third kappa shape index (κ3) is 5.04. The van der Waals surface area contributed by atoms with Crippen LogP contribution in [0.15, 0.2) is 47.4 Å². The van der Waals surface area contributed by atoms with E-state index in [0.29, 0.717) is 27.4 Å². The average molecular weight is 533 g/mol. The highest BCUT2D eigenvalue weighted by Crippen LogP contribution is 2.37. The Bertz CT molecular complexity index is 1360. The van der Waals surface area contributed by atoms with Crippen LogP contribution in [-0.2, 0) is 14.8 Å². The fourth-order valence-electron chi connectivity index (χ4n) is 4.93. The van der Waals surface area contributed by atoms with Crippen LogP contribution in [0.1, 0.15) is 36.2 Å². The number of primary amides is 1. The minimum absolute atomic E-state index is 0.0772. The van der Waals surface area contributed by atoms with Gasteiger partial charge < -0.3 is 25.5 Å². The lowest BCUT2D eigenvalue weighted by atomic mass is 10.2. The van der Waals surface area contributed by atoms with Gasteiger partial charge in [-0.1, -0.05) is 42.6 Å². The van der Waals surface area contributed by atoms with E-state index in [1.807, 2.05) is 30.3 Å². The second-order valence-electron chi connectivity index (χ2n) is 9.17. The number of aromatic amines is 1. The Kier molecular flexibility index (Phi) is 7.11. The summed E-state index contributed by atoms with van der Waals surface area (Å²) in [5.74, 6) is -0.185. The van der Waals surface area contributed by atoms with Gasteiger partial charge in [-0.2, -0.15) is 4.31 Å². The zero-order chi connectivity index (χ0) is 25.3. The normalized spacial score (nSPS) is 19.5. The Morgan fingerprint density at radius 1 is 1.22 bits per heavy atom. The Morgan fingerprint density at radius 3 is 2.69 bits per heavy atom. The molecule has 2 fully saturated rings. The third-order valence-corrected chi connectivity index (χ3v) is 8.83. The molecule has 9 nitrogen and oxygen atoms in total. The van der Waals surface area contributed by atoms with Crippen LogP contribution in [0.3, 0.4) is 0 Å². The number of sulfonamides is 1. The van der Waals surface area contributed by atoms with Gasteiger partial charge in [-0.15, -0.1) is 0 Å². The van der Waals surface area contributed by atoms with Crippen LogP contribution in [-0.4, -0.2) is 62.1 Å². The minimum Gasteiger partial charge on any atom is -0.491 e. The molecule has 5 rings (SSSR count). The molecule has 1 saturated heterocycles. The van der Waals surface area contributed by atoms with Crippen LogP contribution in [0.25, 0.3) is 10.9 Å². The molecule has 2 aromatic carbocycles. The number of hydrogen-bond donors (Lipinski definition) is 3. The number of carbonyl (C=O) groups is 1. The summed E-state index contributed by atoms with van der Waals surface area (Å²) in [7, 11) is -4.12. The standard InChI is InChI=1S/C25H29ClN4O5S/c26-16-12-20-22(21(13-16)28-17-6-4-5-7-17)29-23(25(27)31)24(20)36(32,33)30-10-11-34-19(14-30)15-35-18-8-2-1-3-9-18/h1-3,8-9,12-13,17,19,28-29H,4-7,10-11,14-15H2,(H2,27,31). The maximum absolute atomic E-state index is 13.9. The topological polar surface area (TPSA) is 127 Å². The molecule has 1 saturated carbocycles. The molecule has 1 unspecified atom stereocenters. The van der Waals surface area contributed by atoms with Gasteiger partial charge in [-0.25, -0.2) is 8.42 Å². The van der Waals surface area contributed by atoms with Crippen molar-refractivity contribution in [1.82, 2.24) is 9.29 Å². The molecule has 1 atom stereocenters. The van der Waals surface area contributed by atoms with Gasteiger partial charge >= 0.3 is 0 Å². The van der Waals surface area contributed by atoms with Crippen molar-refractivity contribution in [3.05, 3.63) is 53.2 Å². The molecule has 0 bridgehead atoms. The van der Waals surface area contributed by atoms with Crippen LogP contribution in [0.2, 0.25) is 5.02 Å². The molecule has 1 aliphatic carbocycles. The molecule has 192 valence electrons. The number of benzene rings is 2. The van der Waals surface area contributed by atoms with Crippen LogP contribution >= 0.6 is 11.6 Å². The number of amides is 1. The molecule has 1 aliphatic heterocycles. The van der Waals surface area contributed by atoms with Gasteiger partial charge in [0, 0.05) is 29.5 Å². The molecule has 1 aromatic heterocycles. The predicted molar refractivity (Wildman–Crippen MR) is 138 cm³/mol. The number of hydrogen-bond acceptors (Lipinski definition) is 6. The fraction of sp³-hybridized carbons (Fsp3) is 0.400. The van der Waals surface area contributed by atoms with E-state index in [4.69, 9.17) is 26.8 Å². The highest BCUT2D eigenvalue weighted by atomic mass is 35.5. The van der Waals surface area contributed by atoms with Crippen molar-refractivity contribution in [3.63, 3.8) is 0 Å². The van der Waals surface area contributed by atoms with E-state index in [1.54, 1.807) is 12.1 Å². The monoisotopic (exact) mass is 532 g/mol. The third-order valence-electron chi connectivity index (χ3n) is 6.66. The van der Waals surface area contributed by atoms with Crippen LogP contribution in [0.5, 0.6) is 5.75 Å². The Hall–Kier alpha value is -2.79. The highest BCUT2D eigenvalue weighted by molar-refractivity contribution is 7.89. The first kappa shape index (κ1) is 24.9. The summed E-state index contributed by atoms with van der Waals surface area (Å²) in [6.45, 7) is 0.607. The maximum atomic E-state index is 13.9. The lowest BCUT2D eigenvalue weighted by molar-refractivity contribution is -0.0249. The molecule has 36 heavy (non-hydrogen) atoms. The quantitative estimate of drug-likeness (QED) is 0.405. The molecule has 0 radical (unpaired) electrons. The van der Waals surface area contributed by atoms with Gasteiger partial charge in [0.25, 0.3) is 5.91 Å². The highest BCUT2D eigenvalue weighted by Gasteiger charge is 2.36. The number of nitrogens with one attached hydrogen (secondary N) is 2. The van der Waals surface area contributed by atoms with Crippen molar-refractivity contribution in [3.8, 4) is 5.75 Å². The van der Waals surface area contributed by atoms with Gasteiger partial charge in [-0.05, 0) is 37.1 Å². The Morgan fingerprint density at radius 2 is 1.97 bits per heavy atom. The van der Waals surface area contributed by atoms with E-state index in [0.717, 1.165) is 25.7 Å². The SMILES string of the molecule is NC(=O)c1[nH]c2c(NC3CCCC3)cc(Cl)cc2c1S(=O)(=O)N1CCOC(COc2ccccc2)C1. The maximum Gasteiger partial charge on any atom is 0.266 e. The van der Waals surface area contributed by atoms with Gasteiger partial charge in [0.1, 0.15) is 29.0 Å². The van der Waals surface area contributed by atoms with E-state index in [9.17, 15) is 13.2 Å². The van der Waals surface area contributed by atoms with Gasteiger partial charge in [0.05, 0.1) is 17.8 Å². The average Bonchev–Trinajstić information content (AvgIpc) is 3.52. The number of nitrogens with zero attached hydrogens (tertiary/aromatic N) is 1. The molecule has 3 aromatic rings. The number of halogens is 1. The zero-order valence-corrected chi connectivity index (χ0v) is 21.3. The molecular weight excluding hydrogens is 504 g/mol. The predicted octanol–water partition coefficient (Wildman–Crippen LogP) is 3.74. The summed E-state index contributed by atoms with van der Waals surface area (Å²) in [6.07, 6.45) is 3.82. The fourth-order valence-corrected chi connectivity index (χ4v) is 6.93. The van der Waals surface area contributed by atoms with E-state index in [-0.39, 0.29) is 42.9 Å². The molecule has 2 aliphatic rings. The summed E-state index contributed by atoms with van der Waals surface area (Å²) in [5, 5.41) is 4.16. The summed E-state index contributed by atoms with van der Waals surface area (Å²) < 4.78 is 40.7. The van der Waals surface area contributed by atoms with Gasteiger partial charge in [-0.3, -0.25) is 4.79 Å². The summed E-state index contributed by atoms with van der Waals surface area (Å²) >= 11 is 6.41. The number of fused-ring (bicyclic) bond motifs is 1. The number of rotatable bonds is 8. The second kappa shape index (κ2) is 10.3. The van der Waals surface area contributed by atoms with Crippen molar-refractivity contribution in [1.29, 1.82) is 0 Å². The van der Waals surface area contributed by atoms with E-state index < -0.39 is 22.0 Å². The lowest BCUT2D eigenvalue weighted by Gasteiger charge is -2.32. The minimum atomic E-state index is -4.12. The van der Waals surface area contributed by atoms with Crippen molar-refractivity contribution >= 4 is 44.1 Å². The number of para-hydroxylation sites is 1. The Labute approximate surface area is 214 Å². The molecular formula is C25H29ClN4O5S. The number of anilines is 1. The summed E-state index contributed by atoms with van der Waals surface area (Å²) in [4.78, 5) is 15.2. The first-order chi connectivity index (χ1) is 17.3. The summed E-state index contributed by atoms with van der Waals surface area (Å²) in [5.41, 5.74) is 6.64. The van der Waals surface area contributed by atoms with Crippen molar-refractivity contribution < 1.29 is 22.7 Å². The first-order valence-electron chi connectivity index (χ1n) is 12.0. The van der Waals surface area contributed by atoms with Crippen LogP contribution in [0, 0.1) is 0 Å². The number of aromatic nitrogens is 1. The lowest BCUT2D eigenvalue weighted by Crippen LogP contribution is -2.47. The number of morpholine rings is 1. The number of carbonyl (C=O) groups excluding carboxylic acids is 1. The van der Waals surface area contributed by atoms with E-state index in [2.05, 4.69) is 10.3 Å². The molecule has 4 N–H and O–H groups in total. The number of ether oxygens (including phenoxy) is 2. The van der Waals surface area contributed by atoms with Crippen molar-refractivity contribution in [2.24, 2.45) is 5.73 Å². The van der Waals surface area contributed by atoms with E-state index in [1.165, 1.54) is 4.31 Å². The Balaban J connectivity index is 1.47. The largest absolute Gasteiger partial charge is 0.491 e. The van der Waals surface area contributed by atoms with Crippen LogP contribution in [0.4, 0.5) is 5.69 Å². The van der Waals surface area contributed by atoms with Crippen LogP contribution < -0.4 is 15.8 Å². The summed E-state index contributed by atoms with van der Waals surface area (Å²) in [6, 6.07) is 12.8. The first-order valence-corrected chi connectivity index (χ1v) is 13.9. The number of nitrogens with two attached hydrogens (primary N) is 1. The van der Waals surface area contributed by atoms with Gasteiger partial charge in [0.2, 0.25) is 10.0 Å². The van der Waals surface area contributed by atoms with E-state index >= 15 is 0 Å². The molecule has 0 spiro atoms.